The second-order valence-electron chi connectivity index (χ2n) is 28.1. The van der Waals surface area contributed by atoms with E-state index in [2.05, 4.69) is 198 Å². The van der Waals surface area contributed by atoms with E-state index in [4.69, 9.17) is 28.8 Å². The molecule has 0 saturated carbocycles. The summed E-state index contributed by atoms with van der Waals surface area (Å²) in [4.78, 5) is 62.3. The molecule has 2 unspecified atom stereocenters. The molecule has 11 rings (SSSR count). The number of ether oxygens (including phenoxy) is 2. The van der Waals surface area contributed by atoms with Gasteiger partial charge in [0.1, 0.15) is 26.2 Å². The zero-order valence-electron chi connectivity index (χ0n) is 60.6. The number of alkyl halides is 3. The molecular weight excluding hydrogens is 1510 g/mol. The Hall–Kier alpha value is -5.51. The van der Waals surface area contributed by atoms with E-state index in [-0.39, 0.29) is 43.3 Å². The number of hydrogen-bond donors (Lipinski definition) is 0. The van der Waals surface area contributed by atoms with Gasteiger partial charge in [-0.25, -0.2) is 34.4 Å². The lowest BCUT2D eigenvalue weighted by Gasteiger charge is -2.33. The number of thiazole rings is 4. The summed E-state index contributed by atoms with van der Waals surface area (Å²) in [6, 6.07) is 24.6. The van der Waals surface area contributed by atoms with Gasteiger partial charge in [-0.15, -0.1) is 45.3 Å². The molecule has 0 spiro atoms. The maximum absolute atomic E-state index is 12.8. The summed E-state index contributed by atoms with van der Waals surface area (Å²) >= 11 is 13.4. The Balaban J connectivity index is 0.000000199. The number of amides is 2. The largest absolute Gasteiger partial charge is 0.534 e. The van der Waals surface area contributed by atoms with Gasteiger partial charge in [0.2, 0.25) is 5.88 Å². The number of rotatable bonds is 11. The Morgan fingerprint density at radius 3 is 1.45 bits per heavy atom. The van der Waals surface area contributed by atoms with Crippen molar-refractivity contribution in [3.05, 3.63) is 125 Å². The van der Waals surface area contributed by atoms with E-state index in [0.29, 0.717) is 17.5 Å². The van der Waals surface area contributed by atoms with Gasteiger partial charge in [0.25, 0.3) is 0 Å². The zero-order chi connectivity index (χ0) is 74.6. The van der Waals surface area contributed by atoms with Gasteiger partial charge in [0.15, 0.2) is 11.3 Å². The van der Waals surface area contributed by atoms with Crippen LogP contribution in [0.25, 0.3) is 46.6 Å². The summed E-state index contributed by atoms with van der Waals surface area (Å²) in [7, 11) is 6.15. The topological polar surface area (TPSA) is 199 Å². The molecule has 1 saturated heterocycles. The van der Waals surface area contributed by atoms with Crippen molar-refractivity contribution in [1.82, 2.24) is 44.4 Å². The summed E-state index contributed by atoms with van der Waals surface area (Å²) in [5, 5.41) is 3.93. The standard InChI is InChI=1S/C21H29N3O2S.C16H23BN2O2S.C12H18F3NO5S.C10H11BrN2S.C8H4BrNOS.C3H8/c1-14-7-9-17(24(12-14)20(25)26-21(2,3)4)15-8-10-18-16(11-15)22-19(27-18)13-23(5)6;1-15(2)16(3,4)21-17(20-15)11-7-8-13-12(9-11)18-14(22-13)10-19(5)6;1-8-5-6-9(21-22(18,19)12(13,14)15)16(7-8)10(17)20-11(2,3)4;1-13(2)6-10-12-8-5-7(11)3-4-9(8)14-10;9-5-1-2-7-6(3-5)10-8(4-11)12-7;1-3-2/h8-11,14H,7,12-13H2,1-6H3;7-9H,10H2,1-6H3;6,8H,5,7H2,1-4H3;3-5H,6H2,1-2H3;1-4H;3H2,1-2H3. The van der Waals surface area contributed by atoms with E-state index in [1.165, 1.54) is 36.9 Å². The first-order valence-corrected chi connectivity index (χ1v) is 38.7. The molecule has 0 aliphatic carbocycles. The van der Waals surface area contributed by atoms with Crippen molar-refractivity contribution in [3.63, 3.8) is 0 Å². The lowest BCUT2D eigenvalue weighted by molar-refractivity contribution is -0.0546. The molecule has 4 aromatic heterocycles. The minimum atomic E-state index is -5.84. The van der Waals surface area contributed by atoms with Crippen LogP contribution in [0.15, 0.2) is 99.8 Å². The fourth-order valence-corrected chi connectivity index (χ4v) is 14.6. The molecule has 30 heteroatoms. The number of carbonyl (C=O) groups is 3. The molecule has 0 bridgehead atoms. The third-order valence-electron chi connectivity index (χ3n) is 14.6. The molecule has 2 amide bonds. The highest BCUT2D eigenvalue weighted by Crippen LogP contribution is 2.38. The van der Waals surface area contributed by atoms with Gasteiger partial charge in [-0.2, -0.15) is 21.6 Å². The number of allylic oxidation sites excluding steroid dienone is 2. The second kappa shape index (κ2) is 35.3. The highest BCUT2D eigenvalue weighted by Gasteiger charge is 2.52. The van der Waals surface area contributed by atoms with E-state index in [9.17, 15) is 36.0 Å². The molecule has 1 fully saturated rings. The van der Waals surface area contributed by atoms with Gasteiger partial charge < -0.3 is 37.7 Å². The maximum atomic E-state index is 12.8. The number of carbonyl (C=O) groups excluding carboxylic acids is 3. The number of aromatic nitrogens is 4. The molecule has 0 N–H and O–H groups in total. The minimum Gasteiger partial charge on any atom is -0.443 e. The first-order valence-electron chi connectivity index (χ1n) is 32.5. The number of benzene rings is 4. The van der Waals surface area contributed by atoms with Crippen LogP contribution in [0.3, 0.4) is 0 Å². The predicted molar refractivity (Wildman–Crippen MR) is 409 cm³/mol. The fourth-order valence-electron chi connectivity index (χ4n) is 9.46. The van der Waals surface area contributed by atoms with Crippen LogP contribution in [-0.4, -0.2) is 162 Å². The maximum Gasteiger partial charge on any atom is 0.534 e. The fraction of sp³-hybridized carbons (Fsp3) is 0.500. The Kier molecular flexibility index (Phi) is 29.5. The summed E-state index contributed by atoms with van der Waals surface area (Å²) in [6.45, 7) is 30.2. The molecular formula is C70H93BBr2F3N9O10S5. The number of nitrogens with zero attached hydrogens (tertiary/aromatic N) is 9. The normalized spacial score (nSPS) is 16.9. The predicted octanol–water partition coefficient (Wildman–Crippen LogP) is 18.0. The molecule has 546 valence electrons. The van der Waals surface area contributed by atoms with Crippen LogP contribution < -0.4 is 5.46 Å². The SMILES string of the molecule is CC1CC=C(OS(=O)(=O)C(F)(F)F)N(C(=O)OC(C)(C)C)C1.CC1CC=C(c2ccc3sc(CN(C)C)nc3c2)N(C(=O)OC(C)(C)C)C1.CCC.CN(C)Cc1nc2cc(B3OC(C)(C)C(C)(C)O3)ccc2s1.CN(C)Cc1nc2cc(Br)ccc2s1.O=Cc1nc2cc(Br)ccc2s1. The van der Waals surface area contributed by atoms with Gasteiger partial charge in [-0.3, -0.25) is 9.69 Å². The van der Waals surface area contributed by atoms with E-state index in [1.807, 2.05) is 53.1 Å². The number of fused-ring (bicyclic) bond motifs is 4. The first-order chi connectivity index (χ1) is 46.4. The molecule has 4 aromatic carbocycles. The third-order valence-corrected chi connectivity index (χ3v) is 20.6. The molecule has 3 aliphatic heterocycles. The van der Waals surface area contributed by atoms with Crippen molar-refractivity contribution in [2.75, 3.05) is 55.4 Å². The van der Waals surface area contributed by atoms with Crippen molar-refractivity contribution in [2.45, 2.75) is 164 Å². The van der Waals surface area contributed by atoms with E-state index >= 15 is 0 Å². The summed E-state index contributed by atoms with van der Waals surface area (Å²) < 4.78 is 93.1. The highest BCUT2D eigenvalue weighted by molar-refractivity contribution is 9.10. The number of aldehydes is 1. The Morgan fingerprint density at radius 1 is 0.620 bits per heavy atom. The van der Waals surface area contributed by atoms with Gasteiger partial charge in [0, 0.05) is 47.2 Å². The Morgan fingerprint density at radius 2 is 1.01 bits per heavy atom. The molecule has 7 heterocycles. The van der Waals surface area contributed by atoms with E-state index in [1.54, 1.807) is 66.6 Å². The van der Waals surface area contributed by atoms with Gasteiger partial charge in [-0.05, 0) is 208 Å². The van der Waals surface area contributed by atoms with Crippen molar-refractivity contribution >= 4 is 165 Å². The van der Waals surface area contributed by atoms with Gasteiger partial charge >= 0.3 is 34.9 Å². The lowest BCUT2D eigenvalue weighted by Crippen LogP contribution is -2.42. The van der Waals surface area contributed by atoms with Crippen LogP contribution in [0, 0.1) is 11.8 Å². The average molecular weight is 1610 g/mol. The van der Waals surface area contributed by atoms with Crippen molar-refractivity contribution in [3.8, 4) is 0 Å². The summed E-state index contributed by atoms with van der Waals surface area (Å²) in [5.41, 5.74) is -0.660. The number of hydrogen-bond acceptors (Lipinski definition) is 21. The zero-order valence-corrected chi connectivity index (χ0v) is 67.8. The van der Waals surface area contributed by atoms with Crippen molar-refractivity contribution in [2.24, 2.45) is 11.8 Å². The van der Waals surface area contributed by atoms with Crippen LogP contribution in [-0.2, 0) is 52.7 Å². The molecule has 19 nitrogen and oxygen atoms in total. The first kappa shape index (κ1) is 83.4. The van der Waals surface area contributed by atoms with E-state index in [0.717, 1.165) is 106 Å². The van der Waals surface area contributed by atoms with E-state index < -0.39 is 38.8 Å². The minimum absolute atomic E-state index is 0.00583. The molecule has 0 radical (unpaired) electrons. The highest BCUT2D eigenvalue weighted by atomic mass is 79.9. The number of halogens is 5. The third kappa shape index (κ3) is 24.6. The summed E-state index contributed by atoms with van der Waals surface area (Å²) in [5.74, 6) is -0.353. The molecule has 3 aliphatic rings. The van der Waals surface area contributed by atoms with Crippen molar-refractivity contribution < 1.29 is 58.9 Å². The van der Waals surface area contributed by atoms with Crippen molar-refractivity contribution in [1.29, 1.82) is 0 Å². The Labute approximate surface area is 620 Å². The van der Waals surface area contributed by atoms with Crippen LogP contribution in [0.1, 0.15) is 147 Å². The molecule has 2 atom stereocenters. The van der Waals surface area contributed by atoms with Crippen LogP contribution >= 0.6 is 77.2 Å². The Bertz CT molecular complexity index is 4260. The monoisotopic (exact) mass is 1610 g/mol. The van der Waals surface area contributed by atoms with Crippen LogP contribution in [0.2, 0.25) is 0 Å². The smallest absolute Gasteiger partial charge is 0.443 e. The average Bonchev–Trinajstić information content (AvgIpc) is 1.57. The van der Waals surface area contributed by atoms with Crippen LogP contribution in [0.4, 0.5) is 22.8 Å². The van der Waals surface area contributed by atoms with Gasteiger partial charge in [0.05, 0.1) is 57.8 Å². The second-order valence-corrected chi connectivity index (χ2v) is 35.9. The molecule has 100 heavy (non-hydrogen) atoms. The van der Waals surface area contributed by atoms with Crippen LogP contribution in [0.5, 0.6) is 0 Å². The lowest BCUT2D eigenvalue weighted by atomic mass is 9.79. The summed E-state index contributed by atoms with van der Waals surface area (Å²) in [6.07, 6.45) is 5.28. The quantitative estimate of drug-likeness (QED) is 0.0512. The molecule has 8 aromatic rings. The van der Waals surface area contributed by atoms with Gasteiger partial charge in [-0.1, -0.05) is 84.2 Å².